The maximum Gasteiger partial charge on any atom is 0.263 e. The fraction of sp³-hybridized carbons (Fsp3) is 0.273. The molecule has 2 rings (SSSR count). The second kappa shape index (κ2) is 4.49. The van der Waals surface area contributed by atoms with Gasteiger partial charge in [-0.15, -0.1) is 0 Å². The molecule has 0 aliphatic rings. The highest BCUT2D eigenvalue weighted by Crippen LogP contribution is 2.22. The van der Waals surface area contributed by atoms with E-state index in [1.807, 2.05) is 36.0 Å². The quantitative estimate of drug-likeness (QED) is 0.882. The Kier molecular flexibility index (Phi) is 3.05. The molecule has 0 aliphatic carbocycles. The van der Waals surface area contributed by atoms with Crippen LogP contribution < -0.4 is 5.32 Å². The molecule has 5 heteroatoms. The molecule has 0 atom stereocenters. The number of thiazole rings is 1. The molecule has 0 spiro atoms. The lowest BCUT2D eigenvalue weighted by Gasteiger charge is -1.95. The van der Waals surface area contributed by atoms with E-state index >= 15 is 0 Å². The molecule has 1 N–H and O–H groups in total. The molecule has 0 aromatic carbocycles. The van der Waals surface area contributed by atoms with Crippen molar-refractivity contribution >= 4 is 17.2 Å². The Morgan fingerprint density at radius 2 is 2.19 bits per heavy atom. The molecule has 1 amide bonds. The molecule has 0 unspecified atom stereocenters. The van der Waals surface area contributed by atoms with Crippen molar-refractivity contribution in [3.05, 3.63) is 35.1 Å². The Bertz CT molecular complexity index is 487. The molecule has 2 heterocycles. The first-order valence-electron chi connectivity index (χ1n) is 5.11. The van der Waals surface area contributed by atoms with Gasteiger partial charge in [-0.05, 0) is 18.6 Å². The van der Waals surface area contributed by atoms with Gasteiger partial charge in [0, 0.05) is 19.4 Å². The van der Waals surface area contributed by atoms with E-state index < -0.39 is 0 Å². The molecule has 2 aromatic rings. The van der Waals surface area contributed by atoms with Crippen molar-refractivity contribution in [1.82, 2.24) is 14.9 Å². The number of aryl methyl sites for hydroxylation is 1. The van der Waals surface area contributed by atoms with Gasteiger partial charge in [0.25, 0.3) is 5.91 Å². The van der Waals surface area contributed by atoms with Crippen LogP contribution in [-0.4, -0.2) is 22.5 Å². The number of amides is 1. The van der Waals surface area contributed by atoms with Crippen molar-refractivity contribution in [1.29, 1.82) is 0 Å². The first-order valence-corrected chi connectivity index (χ1v) is 5.93. The highest BCUT2D eigenvalue weighted by Gasteiger charge is 2.16. The normalized spacial score (nSPS) is 10.4. The van der Waals surface area contributed by atoms with Crippen molar-refractivity contribution in [3.63, 3.8) is 0 Å². The summed E-state index contributed by atoms with van der Waals surface area (Å²) in [6.45, 7) is 2.00. The molecular weight excluding hydrogens is 222 g/mol. The largest absolute Gasteiger partial charge is 0.354 e. The van der Waals surface area contributed by atoms with E-state index in [9.17, 15) is 4.79 Å². The van der Waals surface area contributed by atoms with Crippen molar-refractivity contribution < 1.29 is 4.79 Å². The molecule has 84 valence electrons. The Labute approximate surface area is 97.9 Å². The van der Waals surface area contributed by atoms with Crippen LogP contribution >= 0.6 is 11.3 Å². The molecule has 0 saturated carbocycles. The predicted octanol–water partition coefficient (Wildman–Crippen LogP) is 1.86. The molecular formula is C11H13N3OS. The fourth-order valence-electron chi connectivity index (χ4n) is 1.44. The van der Waals surface area contributed by atoms with Gasteiger partial charge in [0.05, 0.1) is 5.69 Å². The van der Waals surface area contributed by atoms with Crippen LogP contribution in [0.5, 0.6) is 0 Å². The number of nitrogens with one attached hydrogen (secondary N) is 1. The molecule has 4 nitrogen and oxygen atoms in total. The second-order valence-electron chi connectivity index (χ2n) is 3.30. The summed E-state index contributed by atoms with van der Waals surface area (Å²) < 4.78 is 1.91. The first kappa shape index (κ1) is 10.9. The Balaban J connectivity index is 2.44. The third-order valence-electron chi connectivity index (χ3n) is 2.28. The van der Waals surface area contributed by atoms with E-state index in [4.69, 9.17) is 0 Å². The smallest absolute Gasteiger partial charge is 0.263 e. The third-order valence-corrected chi connectivity index (χ3v) is 3.39. The Morgan fingerprint density at radius 3 is 2.75 bits per heavy atom. The number of nitrogens with zero attached hydrogens (tertiary/aromatic N) is 2. The zero-order valence-electron chi connectivity index (χ0n) is 9.23. The summed E-state index contributed by atoms with van der Waals surface area (Å²) in [5, 5.41) is 3.47. The van der Waals surface area contributed by atoms with Crippen LogP contribution in [0.2, 0.25) is 0 Å². The lowest BCUT2D eigenvalue weighted by molar-refractivity contribution is 0.0966. The van der Waals surface area contributed by atoms with E-state index in [1.165, 1.54) is 11.3 Å². The average molecular weight is 235 g/mol. The summed E-state index contributed by atoms with van der Waals surface area (Å²) in [6.07, 6.45) is 4.61. The van der Waals surface area contributed by atoms with Crippen molar-refractivity contribution in [2.45, 2.75) is 13.3 Å². The molecule has 0 saturated heterocycles. The fourth-order valence-corrected chi connectivity index (χ4v) is 2.51. The third kappa shape index (κ3) is 1.86. The minimum atomic E-state index is -0.0623. The number of hydrogen-bond acceptors (Lipinski definition) is 3. The van der Waals surface area contributed by atoms with E-state index in [2.05, 4.69) is 10.3 Å². The Hall–Kier alpha value is -1.62. The predicted molar refractivity (Wildman–Crippen MR) is 64.2 cm³/mol. The lowest BCUT2D eigenvalue weighted by atomic mass is 10.3. The van der Waals surface area contributed by atoms with Crippen LogP contribution in [0.1, 0.15) is 22.3 Å². The number of carbonyl (C=O) groups is 1. The topological polar surface area (TPSA) is 46.9 Å². The van der Waals surface area contributed by atoms with Gasteiger partial charge in [0.2, 0.25) is 0 Å². The van der Waals surface area contributed by atoms with Gasteiger partial charge in [-0.3, -0.25) is 4.79 Å². The monoisotopic (exact) mass is 235 g/mol. The lowest BCUT2D eigenvalue weighted by Crippen LogP contribution is -2.17. The number of rotatable bonds is 3. The van der Waals surface area contributed by atoms with Crippen molar-refractivity contribution in [2.24, 2.45) is 0 Å². The van der Waals surface area contributed by atoms with Crippen LogP contribution in [-0.2, 0) is 6.42 Å². The highest BCUT2D eigenvalue weighted by molar-refractivity contribution is 7.16. The highest BCUT2D eigenvalue weighted by atomic mass is 32.1. The summed E-state index contributed by atoms with van der Waals surface area (Å²) in [6, 6.07) is 3.87. The van der Waals surface area contributed by atoms with Crippen LogP contribution in [0.4, 0.5) is 0 Å². The molecule has 0 radical (unpaired) electrons. The first-order chi connectivity index (χ1) is 7.76. The van der Waals surface area contributed by atoms with Gasteiger partial charge >= 0.3 is 0 Å². The Morgan fingerprint density at radius 1 is 1.50 bits per heavy atom. The van der Waals surface area contributed by atoms with Crippen LogP contribution in [0.3, 0.4) is 0 Å². The van der Waals surface area contributed by atoms with Crippen LogP contribution in [0, 0.1) is 0 Å². The number of carbonyl (C=O) groups excluding carboxylic acids is 1. The van der Waals surface area contributed by atoms with Crippen molar-refractivity contribution in [2.75, 3.05) is 7.05 Å². The minimum absolute atomic E-state index is 0.0623. The SMILES string of the molecule is CCc1nc(-n2cccc2)sc1C(=O)NC. The van der Waals surface area contributed by atoms with Gasteiger partial charge in [-0.1, -0.05) is 18.3 Å². The minimum Gasteiger partial charge on any atom is -0.354 e. The summed E-state index contributed by atoms with van der Waals surface area (Å²) in [4.78, 5) is 16.8. The number of hydrogen-bond donors (Lipinski definition) is 1. The summed E-state index contributed by atoms with van der Waals surface area (Å²) in [5.41, 5.74) is 0.855. The van der Waals surface area contributed by atoms with Crippen molar-refractivity contribution in [3.8, 4) is 5.13 Å². The van der Waals surface area contributed by atoms with Crippen LogP contribution in [0.25, 0.3) is 5.13 Å². The van der Waals surface area contributed by atoms with E-state index in [1.54, 1.807) is 7.05 Å². The molecule has 2 aromatic heterocycles. The molecule has 0 bridgehead atoms. The summed E-state index contributed by atoms with van der Waals surface area (Å²) >= 11 is 1.41. The summed E-state index contributed by atoms with van der Waals surface area (Å²) in [5.74, 6) is -0.0623. The van der Waals surface area contributed by atoms with E-state index in [0.717, 1.165) is 17.2 Å². The van der Waals surface area contributed by atoms with E-state index in [0.29, 0.717) is 4.88 Å². The molecule has 16 heavy (non-hydrogen) atoms. The van der Waals surface area contributed by atoms with Crippen LogP contribution in [0.15, 0.2) is 24.5 Å². The van der Waals surface area contributed by atoms with Gasteiger partial charge in [0.1, 0.15) is 4.88 Å². The zero-order valence-corrected chi connectivity index (χ0v) is 10.0. The van der Waals surface area contributed by atoms with E-state index in [-0.39, 0.29) is 5.91 Å². The number of aromatic nitrogens is 2. The van der Waals surface area contributed by atoms with Gasteiger partial charge in [-0.25, -0.2) is 4.98 Å². The maximum absolute atomic E-state index is 11.6. The summed E-state index contributed by atoms with van der Waals surface area (Å²) in [7, 11) is 1.64. The standard InChI is InChI=1S/C11H13N3OS/c1-3-8-9(10(15)12-2)16-11(13-8)14-6-4-5-7-14/h4-7H,3H2,1-2H3,(H,12,15). The molecule has 0 fully saturated rings. The second-order valence-corrected chi connectivity index (χ2v) is 4.27. The maximum atomic E-state index is 11.6. The van der Waals surface area contributed by atoms with Gasteiger partial charge in [-0.2, -0.15) is 0 Å². The van der Waals surface area contributed by atoms with Gasteiger partial charge in [0.15, 0.2) is 5.13 Å². The van der Waals surface area contributed by atoms with Gasteiger partial charge < -0.3 is 9.88 Å². The zero-order chi connectivity index (χ0) is 11.5. The average Bonchev–Trinajstić information content (AvgIpc) is 2.95. The molecule has 0 aliphatic heterocycles.